The Morgan fingerprint density at radius 3 is 2.44 bits per heavy atom. The fraction of sp³-hybridized carbons (Fsp3) is 0.867. The SMILES string of the molecule is C=C(CC)CCC(C)N(C)CCCCCC. The Balaban J connectivity index is 3.56. The van der Waals surface area contributed by atoms with Gasteiger partial charge in [0, 0.05) is 6.04 Å². The van der Waals surface area contributed by atoms with Gasteiger partial charge in [-0.15, -0.1) is 0 Å². The molecular weight excluding hydrogens is 194 g/mol. The molecule has 0 radical (unpaired) electrons. The predicted molar refractivity (Wildman–Crippen MR) is 74.9 cm³/mol. The van der Waals surface area contributed by atoms with Crippen molar-refractivity contribution in [1.29, 1.82) is 0 Å². The van der Waals surface area contributed by atoms with Crippen LogP contribution in [0.3, 0.4) is 0 Å². The third-order valence-electron chi connectivity index (χ3n) is 3.53. The number of allylic oxidation sites excluding steroid dienone is 1. The second-order valence-corrected chi connectivity index (χ2v) is 5.03. The lowest BCUT2D eigenvalue weighted by Crippen LogP contribution is -2.30. The van der Waals surface area contributed by atoms with Gasteiger partial charge >= 0.3 is 0 Å². The summed E-state index contributed by atoms with van der Waals surface area (Å²) < 4.78 is 0. The molecule has 0 aromatic rings. The molecule has 1 nitrogen and oxygen atoms in total. The molecule has 0 spiro atoms. The van der Waals surface area contributed by atoms with Gasteiger partial charge in [-0.3, -0.25) is 0 Å². The van der Waals surface area contributed by atoms with Gasteiger partial charge in [-0.1, -0.05) is 45.3 Å². The Morgan fingerprint density at radius 1 is 1.19 bits per heavy atom. The average Bonchev–Trinajstić information content (AvgIpc) is 2.30. The van der Waals surface area contributed by atoms with E-state index in [-0.39, 0.29) is 0 Å². The van der Waals surface area contributed by atoms with Gasteiger partial charge in [0.1, 0.15) is 0 Å². The summed E-state index contributed by atoms with van der Waals surface area (Å²) in [6.45, 7) is 12.1. The summed E-state index contributed by atoms with van der Waals surface area (Å²) in [5.74, 6) is 0. The summed E-state index contributed by atoms with van der Waals surface area (Å²) in [5, 5.41) is 0. The van der Waals surface area contributed by atoms with E-state index >= 15 is 0 Å². The van der Waals surface area contributed by atoms with Crippen molar-refractivity contribution < 1.29 is 0 Å². The van der Waals surface area contributed by atoms with Crippen molar-refractivity contribution >= 4 is 0 Å². The summed E-state index contributed by atoms with van der Waals surface area (Å²) in [4.78, 5) is 2.50. The molecule has 1 atom stereocenters. The molecule has 0 N–H and O–H groups in total. The standard InChI is InChI=1S/C15H31N/c1-6-8-9-10-13-16(5)15(4)12-11-14(3)7-2/h15H,3,6-13H2,1-2,4-5H3. The zero-order valence-electron chi connectivity index (χ0n) is 11.9. The quantitative estimate of drug-likeness (QED) is 0.387. The van der Waals surface area contributed by atoms with Crippen molar-refractivity contribution in [2.24, 2.45) is 0 Å². The van der Waals surface area contributed by atoms with Crippen LogP contribution in [0, 0.1) is 0 Å². The first-order valence-electron chi connectivity index (χ1n) is 6.98. The van der Waals surface area contributed by atoms with Crippen LogP contribution in [-0.4, -0.2) is 24.5 Å². The number of rotatable bonds is 10. The molecule has 0 aliphatic carbocycles. The second kappa shape index (κ2) is 9.89. The van der Waals surface area contributed by atoms with Crippen LogP contribution >= 0.6 is 0 Å². The topological polar surface area (TPSA) is 3.24 Å². The molecule has 0 heterocycles. The largest absolute Gasteiger partial charge is 0.304 e. The van der Waals surface area contributed by atoms with E-state index in [4.69, 9.17) is 0 Å². The van der Waals surface area contributed by atoms with E-state index in [1.807, 2.05) is 0 Å². The summed E-state index contributed by atoms with van der Waals surface area (Å²) in [7, 11) is 2.26. The molecule has 0 fully saturated rings. The number of hydrogen-bond donors (Lipinski definition) is 0. The Morgan fingerprint density at radius 2 is 1.88 bits per heavy atom. The minimum Gasteiger partial charge on any atom is -0.304 e. The molecule has 0 bridgehead atoms. The lowest BCUT2D eigenvalue weighted by Gasteiger charge is -2.24. The number of hydrogen-bond acceptors (Lipinski definition) is 1. The highest BCUT2D eigenvalue weighted by molar-refractivity contribution is 4.92. The van der Waals surface area contributed by atoms with Crippen molar-refractivity contribution in [2.45, 2.75) is 71.8 Å². The first kappa shape index (κ1) is 15.7. The fourth-order valence-electron chi connectivity index (χ4n) is 1.82. The van der Waals surface area contributed by atoms with Crippen LogP contribution in [0.15, 0.2) is 12.2 Å². The molecule has 0 aliphatic heterocycles. The molecule has 0 amide bonds. The molecule has 0 saturated carbocycles. The van der Waals surface area contributed by atoms with Crippen molar-refractivity contribution in [3.63, 3.8) is 0 Å². The van der Waals surface area contributed by atoms with Gasteiger partial charge < -0.3 is 4.90 Å². The number of nitrogens with zero attached hydrogens (tertiary/aromatic N) is 1. The maximum atomic E-state index is 4.07. The van der Waals surface area contributed by atoms with Crippen LogP contribution in [0.1, 0.15) is 65.7 Å². The van der Waals surface area contributed by atoms with E-state index in [1.54, 1.807) is 0 Å². The first-order chi connectivity index (χ1) is 7.61. The Hall–Kier alpha value is -0.300. The maximum Gasteiger partial charge on any atom is 0.00669 e. The van der Waals surface area contributed by atoms with Crippen molar-refractivity contribution in [3.8, 4) is 0 Å². The van der Waals surface area contributed by atoms with Gasteiger partial charge in [0.25, 0.3) is 0 Å². The van der Waals surface area contributed by atoms with Crippen LogP contribution < -0.4 is 0 Å². The third-order valence-corrected chi connectivity index (χ3v) is 3.53. The average molecular weight is 225 g/mol. The summed E-state index contributed by atoms with van der Waals surface area (Å²) in [6, 6.07) is 0.699. The highest BCUT2D eigenvalue weighted by Gasteiger charge is 2.08. The van der Waals surface area contributed by atoms with E-state index in [2.05, 4.69) is 39.3 Å². The van der Waals surface area contributed by atoms with Crippen LogP contribution in [0.2, 0.25) is 0 Å². The van der Waals surface area contributed by atoms with Crippen LogP contribution in [0.25, 0.3) is 0 Å². The van der Waals surface area contributed by atoms with Gasteiger partial charge in [-0.2, -0.15) is 0 Å². The van der Waals surface area contributed by atoms with Gasteiger partial charge in [0.05, 0.1) is 0 Å². The molecule has 0 saturated heterocycles. The summed E-state index contributed by atoms with van der Waals surface area (Å²) in [5.41, 5.74) is 1.39. The first-order valence-corrected chi connectivity index (χ1v) is 6.98. The van der Waals surface area contributed by atoms with Crippen molar-refractivity contribution in [2.75, 3.05) is 13.6 Å². The van der Waals surface area contributed by atoms with Gasteiger partial charge in [-0.05, 0) is 46.2 Å². The van der Waals surface area contributed by atoms with Crippen LogP contribution in [0.5, 0.6) is 0 Å². The second-order valence-electron chi connectivity index (χ2n) is 5.03. The van der Waals surface area contributed by atoms with E-state index in [1.165, 1.54) is 50.6 Å². The minimum absolute atomic E-state index is 0.699. The fourth-order valence-corrected chi connectivity index (χ4v) is 1.82. The smallest absolute Gasteiger partial charge is 0.00669 e. The zero-order chi connectivity index (χ0) is 12.4. The van der Waals surface area contributed by atoms with E-state index < -0.39 is 0 Å². The number of unbranched alkanes of at least 4 members (excludes halogenated alkanes) is 3. The van der Waals surface area contributed by atoms with Gasteiger partial charge in [0.2, 0.25) is 0 Å². The molecule has 0 rings (SSSR count). The lowest BCUT2D eigenvalue weighted by atomic mass is 10.0. The molecule has 0 aromatic carbocycles. The minimum atomic E-state index is 0.699. The van der Waals surface area contributed by atoms with Gasteiger partial charge in [0.15, 0.2) is 0 Å². The maximum absolute atomic E-state index is 4.07. The monoisotopic (exact) mass is 225 g/mol. The van der Waals surface area contributed by atoms with Crippen molar-refractivity contribution in [1.82, 2.24) is 4.90 Å². The summed E-state index contributed by atoms with van der Waals surface area (Å²) in [6.07, 6.45) is 9.03. The predicted octanol–water partition coefficient (Wildman–Crippen LogP) is 4.63. The normalized spacial score (nSPS) is 13.1. The van der Waals surface area contributed by atoms with E-state index in [0.29, 0.717) is 6.04 Å². The lowest BCUT2D eigenvalue weighted by molar-refractivity contribution is 0.240. The molecule has 16 heavy (non-hydrogen) atoms. The molecule has 96 valence electrons. The van der Waals surface area contributed by atoms with E-state index in [9.17, 15) is 0 Å². The Bertz CT molecular complexity index is 174. The molecule has 1 heteroatoms. The highest BCUT2D eigenvalue weighted by Crippen LogP contribution is 2.12. The van der Waals surface area contributed by atoms with Gasteiger partial charge in [-0.25, -0.2) is 0 Å². The Labute approximate surface area is 103 Å². The van der Waals surface area contributed by atoms with E-state index in [0.717, 1.165) is 6.42 Å². The zero-order valence-corrected chi connectivity index (χ0v) is 11.9. The van der Waals surface area contributed by atoms with Crippen LogP contribution in [-0.2, 0) is 0 Å². The molecule has 0 aliphatic rings. The van der Waals surface area contributed by atoms with Crippen molar-refractivity contribution in [3.05, 3.63) is 12.2 Å². The summed E-state index contributed by atoms with van der Waals surface area (Å²) >= 11 is 0. The Kier molecular flexibility index (Phi) is 9.71. The molecular formula is C15H31N. The highest BCUT2D eigenvalue weighted by atomic mass is 15.1. The third kappa shape index (κ3) is 7.92. The van der Waals surface area contributed by atoms with Crippen LogP contribution in [0.4, 0.5) is 0 Å². The molecule has 1 unspecified atom stereocenters. The molecule has 0 aromatic heterocycles.